The van der Waals surface area contributed by atoms with Crippen LogP contribution in [-0.2, 0) is 25.8 Å². The molecule has 1 aliphatic rings. The minimum atomic E-state index is -4.83. The van der Waals surface area contributed by atoms with E-state index < -0.39 is 49.7 Å². The van der Waals surface area contributed by atoms with Gasteiger partial charge < -0.3 is 4.74 Å². The summed E-state index contributed by atoms with van der Waals surface area (Å²) in [4.78, 5) is 0. The Morgan fingerprint density at radius 1 is 1.16 bits per heavy atom. The number of halogens is 3. The summed E-state index contributed by atoms with van der Waals surface area (Å²) in [6.45, 7) is 0.178. The largest absolute Gasteiger partial charge is 0.573 e. The first-order valence-corrected chi connectivity index (χ1v) is 10.5. The third-order valence-corrected chi connectivity index (χ3v) is 6.35. The van der Waals surface area contributed by atoms with Gasteiger partial charge in [0, 0.05) is 12.6 Å². The van der Waals surface area contributed by atoms with Crippen LogP contribution in [0.3, 0.4) is 0 Å². The van der Waals surface area contributed by atoms with Crippen molar-refractivity contribution in [3.63, 3.8) is 0 Å². The van der Waals surface area contributed by atoms with Gasteiger partial charge in [0.15, 0.2) is 0 Å². The topological polar surface area (TPSA) is 107 Å². The summed E-state index contributed by atoms with van der Waals surface area (Å²) < 4.78 is 88.6. The molecule has 0 spiro atoms. The molecule has 1 aliphatic heterocycles. The fourth-order valence-corrected chi connectivity index (χ4v) is 5.49. The first-order valence-electron chi connectivity index (χ1n) is 7.20. The van der Waals surface area contributed by atoms with E-state index >= 15 is 0 Å². The number of nitrogens with zero attached hydrogens (tertiary/aromatic N) is 1. The summed E-state index contributed by atoms with van der Waals surface area (Å²) >= 11 is 0. The molecule has 0 amide bonds. The number of benzene rings is 1. The molecule has 1 aromatic carbocycles. The van der Waals surface area contributed by atoms with Crippen molar-refractivity contribution < 1.29 is 34.7 Å². The minimum Gasteiger partial charge on any atom is -0.406 e. The molecule has 12 heteroatoms. The lowest BCUT2D eigenvalue weighted by molar-refractivity contribution is -0.274. The number of alkyl halides is 3. The second-order valence-electron chi connectivity index (χ2n) is 5.68. The zero-order valence-electron chi connectivity index (χ0n) is 12.9. The molecule has 0 bridgehead atoms. The summed E-state index contributed by atoms with van der Waals surface area (Å²) in [5.74, 6) is -1.38. The Kier molecular flexibility index (Phi) is 5.66. The van der Waals surface area contributed by atoms with Gasteiger partial charge in [-0.2, -0.15) is 4.31 Å². The van der Waals surface area contributed by atoms with Crippen LogP contribution in [0.1, 0.15) is 18.4 Å². The van der Waals surface area contributed by atoms with Crippen molar-refractivity contribution >= 4 is 20.0 Å². The van der Waals surface area contributed by atoms with Crippen LogP contribution in [0.5, 0.6) is 5.75 Å². The van der Waals surface area contributed by atoms with E-state index in [0.717, 1.165) is 16.4 Å². The quantitative estimate of drug-likeness (QED) is 0.769. The highest BCUT2D eigenvalue weighted by Crippen LogP contribution is 2.26. The second kappa shape index (κ2) is 7.09. The second-order valence-corrected chi connectivity index (χ2v) is 9.26. The maximum absolute atomic E-state index is 12.5. The SMILES string of the molecule is NS(=O)(=O)C[C@@H]1CCCN1S(=O)(=O)Cc1ccc(OC(F)(F)F)cc1. The van der Waals surface area contributed by atoms with Crippen LogP contribution in [0.2, 0.25) is 0 Å². The van der Waals surface area contributed by atoms with E-state index in [1.165, 1.54) is 12.1 Å². The summed E-state index contributed by atoms with van der Waals surface area (Å²) in [5, 5.41) is 4.99. The maximum atomic E-state index is 12.5. The van der Waals surface area contributed by atoms with Crippen molar-refractivity contribution in [2.75, 3.05) is 12.3 Å². The number of hydrogen-bond donors (Lipinski definition) is 1. The van der Waals surface area contributed by atoms with Gasteiger partial charge in [0.25, 0.3) is 0 Å². The predicted octanol–water partition coefficient (Wildman–Crippen LogP) is 1.17. The van der Waals surface area contributed by atoms with Crippen molar-refractivity contribution in [3.8, 4) is 5.75 Å². The first kappa shape index (κ1) is 19.9. The highest BCUT2D eigenvalue weighted by Gasteiger charge is 2.36. The highest BCUT2D eigenvalue weighted by atomic mass is 32.2. The number of hydrogen-bond acceptors (Lipinski definition) is 5. The maximum Gasteiger partial charge on any atom is 0.573 e. The van der Waals surface area contributed by atoms with Crippen LogP contribution in [0, 0.1) is 0 Å². The van der Waals surface area contributed by atoms with Crippen LogP contribution in [0.25, 0.3) is 0 Å². The van der Waals surface area contributed by atoms with E-state index in [0.29, 0.717) is 12.8 Å². The molecular formula is C13H17F3N2O5S2. The monoisotopic (exact) mass is 402 g/mol. The van der Waals surface area contributed by atoms with Gasteiger partial charge >= 0.3 is 6.36 Å². The Bertz CT molecular complexity index is 807. The Hall–Kier alpha value is -1.37. The Labute approximate surface area is 143 Å². The third kappa shape index (κ3) is 6.13. The Balaban J connectivity index is 2.10. The third-order valence-electron chi connectivity index (χ3n) is 3.61. The molecule has 0 aliphatic carbocycles. The number of ether oxygens (including phenoxy) is 1. The van der Waals surface area contributed by atoms with Gasteiger partial charge in [0.1, 0.15) is 5.75 Å². The average Bonchev–Trinajstić information content (AvgIpc) is 2.86. The molecule has 7 nitrogen and oxygen atoms in total. The van der Waals surface area contributed by atoms with E-state index in [2.05, 4.69) is 4.74 Å². The van der Waals surface area contributed by atoms with Gasteiger partial charge in [-0.05, 0) is 30.5 Å². The molecule has 1 saturated heterocycles. The van der Waals surface area contributed by atoms with Gasteiger partial charge in [-0.15, -0.1) is 13.2 Å². The number of rotatable bonds is 6. The van der Waals surface area contributed by atoms with E-state index in [1.54, 1.807) is 0 Å². The molecule has 2 rings (SSSR count). The molecule has 2 N–H and O–H groups in total. The van der Waals surface area contributed by atoms with Crippen molar-refractivity contribution in [1.82, 2.24) is 4.31 Å². The molecule has 25 heavy (non-hydrogen) atoms. The summed E-state index contributed by atoms with van der Waals surface area (Å²) in [7, 11) is -7.66. The molecule has 1 aromatic rings. The van der Waals surface area contributed by atoms with Gasteiger partial charge in [-0.3, -0.25) is 0 Å². The zero-order valence-corrected chi connectivity index (χ0v) is 14.6. The minimum absolute atomic E-state index is 0.178. The van der Waals surface area contributed by atoms with Crippen LogP contribution in [0.4, 0.5) is 13.2 Å². The lowest BCUT2D eigenvalue weighted by Crippen LogP contribution is -2.41. The molecule has 1 fully saturated rings. The molecule has 1 atom stereocenters. The molecule has 0 saturated carbocycles. The van der Waals surface area contributed by atoms with E-state index in [9.17, 15) is 30.0 Å². The smallest absolute Gasteiger partial charge is 0.406 e. The molecule has 142 valence electrons. The highest BCUT2D eigenvalue weighted by molar-refractivity contribution is 7.89. The van der Waals surface area contributed by atoms with Gasteiger partial charge in [0.2, 0.25) is 20.0 Å². The lowest BCUT2D eigenvalue weighted by Gasteiger charge is -2.23. The van der Waals surface area contributed by atoms with Crippen molar-refractivity contribution in [1.29, 1.82) is 0 Å². The normalized spacial score (nSPS) is 19.9. The number of nitrogens with two attached hydrogens (primary N) is 1. The Morgan fingerprint density at radius 3 is 2.28 bits per heavy atom. The fraction of sp³-hybridized carbons (Fsp3) is 0.538. The summed E-state index contributed by atoms with van der Waals surface area (Å²) in [6.07, 6.45) is -3.93. The molecule has 0 radical (unpaired) electrons. The zero-order chi connectivity index (χ0) is 18.9. The lowest BCUT2D eigenvalue weighted by atomic mass is 10.2. The van der Waals surface area contributed by atoms with Gasteiger partial charge in [0.05, 0.1) is 11.5 Å². The molecule has 0 unspecified atom stereocenters. The van der Waals surface area contributed by atoms with E-state index in [-0.39, 0.29) is 12.1 Å². The standard InChI is InChI=1S/C13H17F3N2O5S2/c14-13(15,16)23-12-5-3-10(4-6-12)8-25(21,22)18-7-1-2-11(18)9-24(17,19)20/h3-6,11H,1-2,7-9H2,(H2,17,19,20)/t11-/m0/s1. The van der Waals surface area contributed by atoms with Crippen molar-refractivity contribution in [2.24, 2.45) is 5.14 Å². The molecule has 1 heterocycles. The first-order chi connectivity index (χ1) is 11.4. The van der Waals surface area contributed by atoms with Crippen LogP contribution in [0.15, 0.2) is 24.3 Å². The average molecular weight is 402 g/mol. The van der Waals surface area contributed by atoms with E-state index in [1.807, 2.05) is 0 Å². The summed E-state index contributed by atoms with van der Waals surface area (Å²) in [5.41, 5.74) is 0.260. The predicted molar refractivity (Wildman–Crippen MR) is 83.5 cm³/mol. The fourth-order valence-electron chi connectivity index (χ4n) is 2.69. The van der Waals surface area contributed by atoms with Crippen molar-refractivity contribution in [2.45, 2.75) is 31.0 Å². The van der Waals surface area contributed by atoms with Crippen molar-refractivity contribution in [3.05, 3.63) is 29.8 Å². The van der Waals surface area contributed by atoms with E-state index in [4.69, 9.17) is 5.14 Å². The van der Waals surface area contributed by atoms with Gasteiger partial charge in [-0.1, -0.05) is 12.1 Å². The Morgan fingerprint density at radius 2 is 1.76 bits per heavy atom. The number of sulfonamides is 2. The molecule has 0 aromatic heterocycles. The van der Waals surface area contributed by atoms with Crippen LogP contribution < -0.4 is 9.88 Å². The van der Waals surface area contributed by atoms with Crippen LogP contribution in [-0.4, -0.2) is 45.8 Å². The number of primary sulfonamides is 1. The van der Waals surface area contributed by atoms with Crippen LogP contribution >= 0.6 is 0 Å². The summed E-state index contributed by atoms with van der Waals surface area (Å²) in [6, 6.07) is 3.73. The van der Waals surface area contributed by atoms with Gasteiger partial charge in [-0.25, -0.2) is 22.0 Å². The molecular weight excluding hydrogens is 385 g/mol.